The van der Waals surface area contributed by atoms with E-state index in [9.17, 15) is 0 Å². The third-order valence-electron chi connectivity index (χ3n) is 4.76. The Hall–Kier alpha value is -3.01. The third-order valence-corrected chi connectivity index (χ3v) is 5.36. The van der Waals surface area contributed by atoms with Crippen LogP contribution >= 0.6 is 23.2 Å². The van der Waals surface area contributed by atoms with Crippen LogP contribution in [0.4, 0.5) is 0 Å². The minimum absolute atomic E-state index is 0.455. The number of rotatable bonds is 7. The predicted octanol–water partition coefficient (Wildman–Crippen LogP) is 6.85. The predicted molar refractivity (Wildman–Crippen MR) is 126 cm³/mol. The van der Waals surface area contributed by atoms with Gasteiger partial charge in [-0.3, -0.25) is 0 Å². The van der Waals surface area contributed by atoms with Crippen molar-refractivity contribution >= 4 is 40.2 Å². The normalized spacial score (nSPS) is 11.1. The first-order valence-electron chi connectivity index (χ1n) is 9.59. The largest absolute Gasteiger partial charge is 0.488 e. The van der Waals surface area contributed by atoms with Crippen molar-refractivity contribution in [3.63, 3.8) is 0 Å². The van der Waals surface area contributed by atoms with Gasteiger partial charge in [-0.2, -0.15) is 5.10 Å². The van der Waals surface area contributed by atoms with Gasteiger partial charge in [-0.15, -0.1) is 0 Å². The van der Waals surface area contributed by atoms with Gasteiger partial charge >= 0.3 is 0 Å². The van der Waals surface area contributed by atoms with Crippen LogP contribution in [0.5, 0.6) is 5.75 Å². The minimum atomic E-state index is 0.455. The molecule has 30 heavy (non-hydrogen) atoms. The summed E-state index contributed by atoms with van der Waals surface area (Å²) in [5, 5.41) is 8.03. The molecule has 4 aromatic rings. The van der Waals surface area contributed by atoms with Gasteiger partial charge in [0.25, 0.3) is 0 Å². The average molecular weight is 435 g/mol. The first-order valence-corrected chi connectivity index (χ1v) is 10.3. The van der Waals surface area contributed by atoms with Crippen LogP contribution in [0.15, 0.2) is 90.0 Å². The molecule has 4 aromatic carbocycles. The second-order valence-corrected chi connectivity index (χ2v) is 7.64. The van der Waals surface area contributed by atoms with Crippen molar-refractivity contribution in [2.24, 2.45) is 5.10 Å². The number of fused-ring (bicyclic) bond motifs is 1. The molecule has 0 heterocycles. The van der Waals surface area contributed by atoms with Gasteiger partial charge in [0.2, 0.25) is 0 Å². The van der Waals surface area contributed by atoms with Crippen molar-refractivity contribution in [2.75, 3.05) is 0 Å². The number of halogens is 2. The average Bonchev–Trinajstić information content (AvgIpc) is 2.77. The van der Waals surface area contributed by atoms with Crippen LogP contribution in [-0.4, -0.2) is 6.21 Å². The van der Waals surface area contributed by atoms with E-state index in [4.69, 9.17) is 27.9 Å². The summed E-state index contributed by atoms with van der Waals surface area (Å²) in [6.45, 7) is 0.986. The Labute approximate surface area is 185 Å². The highest BCUT2D eigenvalue weighted by molar-refractivity contribution is 6.31. The zero-order valence-corrected chi connectivity index (χ0v) is 17.7. The molecule has 3 nitrogen and oxygen atoms in total. The standard InChI is InChI=1S/C25H20Cl2N2O/c26-22-12-13-25(30-17-20-9-5-8-18-6-1-3-10-23(18)20)21(14-22)16-29-28-15-19-7-2-4-11-24(19)27/h1-14,16,28H,15,17H2/b29-16-. The van der Waals surface area contributed by atoms with E-state index < -0.39 is 0 Å². The highest BCUT2D eigenvalue weighted by Gasteiger charge is 2.06. The van der Waals surface area contributed by atoms with Crippen molar-refractivity contribution in [1.82, 2.24) is 5.43 Å². The van der Waals surface area contributed by atoms with Gasteiger partial charge in [0.15, 0.2) is 0 Å². The number of hydrogen-bond donors (Lipinski definition) is 1. The fourth-order valence-corrected chi connectivity index (χ4v) is 3.60. The van der Waals surface area contributed by atoms with E-state index >= 15 is 0 Å². The molecule has 0 aliphatic carbocycles. The molecule has 0 spiro atoms. The molecule has 0 aromatic heterocycles. The Morgan fingerprint density at radius 3 is 2.50 bits per heavy atom. The molecule has 0 aliphatic rings. The fraction of sp³-hybridized carbons (Fsp3) is 0.0800. The molecule has 0 bridgehead atoms. The van der Waals surface area contributed by atoms with Gasteiger partial charge in [-0.1, -0.05) is 83.9 Å². The van der Waals surface area contributed by atoms with Gasteiger partial charge in [0.1, 0.15) is 12.4 Å². The monoisotopic (exact) mass is 434 g/mol. The number of nitrogens with zero attached hydrogens (tertiary/aromatic N) is 1. The quantitative estimate of drug-likeness (QED) is 0.254. The lowest BCUT2D eigenvalue weighted by Gasteiger charge is -2.11. The summed E-state index contributed by atoms with van der Waals surface area (Å²) in [7, 11) is 0. The maximum Gasteiger partial charge on any atom is 0.128 e. The molecule has 0 saturated carbocycles. The summed E-state index contributed by atoms with van der Waals surface area (Å²) < 4.78 is 6.12. The summed E-state index contributed by atoms with van der Waals surface area (Å²) in [4.78, 5) is 0. The van der Waals surface area contributed by atoms with Crippen LogP contribution in [-0.2, 0) is 13.2 Å². The summed E-state index contributed by atoms with van der Waals surface area (Å²) in [5.41, 5.74) is 5.93. The van der Waals surface area contributed by atoms with E-state index in [1.165, 1.54) is 10.8 Å². The van der Waals surface area contributed by atoms with Gasteiger partial charge in [0.05, 0.1) is 12.8 Å². The first-order chi connectivity index (χ1) is 14.7. The zero-order chi connectivity index (χ0) is 20.8. The number of nitrogens with one attached hydrogen (secondary N) is 1. The van der Waals surface area contributed by atoms with Gasteiger partial charge in [-0.25, -0.2) is 0 Å². The second kappa shape index (κ2) is 9.66. The van der Waals surface area contributed by atoms with Crippen LogP contribution in [0.1, 0.15) is 16.7 Å². The van der Waals surface area contributed by atoms with Crippen LogP contribution in [0.25, 0.3) is 10.8 Å². The van der Waals surface area contributed by atoms with Crippen LogP contribution in [0, 0.1) is 0 Å². The third kappa shape index (κ3) is 4.93. The van der Waals surface area contributed by atoms with Crippen molar-refractivity contribution in [3.8, 4) is 5.75 Å². The molecule has 0 radical (unpaired) electrons. The molecule has 0 fully saturated rings. The summed E-state index contributed by atoms with van der Waals surface area (Å²) in [6.07, 6.45) is 1.71. The van der Waals surface area contributed by atoms with E-state index in [-0.39, 0.29) is 0 Å². The summed E-state index contributed by atoms with van der Waals surface area (Å²) in [6, 6.07) is 27.7. The van der Waals surface area contributed by atoms with E-state index in [0.29, 0.717) is 23.2 Å². The number of hydrazone groups is 1. The lowest BCUT2D eigenvalue weighted by Crippen LogP contribution is -2.06. The highest BCUT2D eigenvalue weighted by Crippen LogP contribution is 2.25. The second-order valence-electron chi connectivity index (χ2n) is 6.79. The number of hydrogen-bond acceptors (Lipinski definition) is 3. The maximum absolute atomic E-state index is 6.19. The lowest BCUT2D eigenvalue weighted by molar-refractivity contribution is 0.307. The SMILES string of the molecule is Clc1ccc(OCc2cccc3ccccc23)c(/C=N\NCc2ccccc2Cl)c1. The Kier molecular flexibility index (Phi) is 6.53. The Balaban J connectivity index is 1.47. The summed E-state index contributed by atoms with van der Waals surface area (Å²) >= 11 is 12.4. The minimum Gasteiger partial charge on any atom is -0.488 e. The van der Waals surface area contributed by atoms with E-state index in [1.54, 1.807) is 6.21 Å². The van der Waals surface area contributed by atoms with Crippen molar-refractivity contribution in [3.05, 3.63) is 112 Å². The van der Waals surface area contributed by atoms with Crippen molar-refractivity contribution < 1.29 is 4.74 Å². The van der Waals surface area contributed by atoms with E-state index in [1.807, 2.05) is 60.7 Å². The molecule has 0 saturated heterocycles. The zero-order valence-electron chi connectivity index (χ0n) is 16.2. The van der Waals surface area contributed by atoms with Crippen LogP contribution < -0.4 is 10.2 Å². The molecular formula is C25H20Cl2N2O. The molecule has 150 valence electrons. The first kappa shape index (κ1) is 20.3. The Bertz CT molecular complexity index is 1190. The highest BCUT2D eigenvalue weighted by atomic mass is 35.5. The van der Waals surface area contributed by atoms with Gasteiger partial charge in [-0.05, 0) is 46.2 Å². The topological polar surface area (TPSA) is 33.6 Å². The fourth-order valence-electron chi connectivity index (χ4n) is 3.21. The molecule has 0 unspecified atom stereocenters. The molecule has 1 N–H and O–H groups in total. The molecule has 0 atom stereocenters. The summed E-state index contributed by atoms with van der Waals surface area (Å²) in [5.74, 6) is 0.718. The Morgan fingerprint density at radius 2 is 1.60 bits per heavy atom. The van der Waals surface area contributed by atoms with Crippen molar-refractivity contribution in [2.45, 2.75) is 13.2 Å². The van der Waals surface area contributed by atoms with Crippen molar-refractivity contribution in [1.29, 1.82) is 0 Å². The number of benzene rings is 4. The molecule has 0 aliphatic heterocycles. The van der Waals surface area contributed by atoms with E-state index in [2.05, 4.69) is 34.8 Å². The number of ether oxygens (including phenoxy) is 1. The molecule has 4 rings (SSSR count). The maximum atomic E-state index is 6.19. The van der Waals surface area contributed by atoms with E-state index in [0.717, 1.165) is 22.4 Å². The van der Waals surface area contributed by atoms with Gasteiger partial charge in [0, 0.05) is 15.6 Å². The molecule has 5 heteroatoms. The molecular weight excluding hydrogens is 415 g/mol. The Morgan fingerprint density at radius 1 is 0.833 bits per heavy atom. The van der Waals surface area contributed by atoms with Gasteiger partial charge < -0.3 is 10.2 Å². The lowest BCUT2D eigenvalue weighted by atomic mass is 10.1. The smallest absolute Gasteiger partial charge is 0.128 e. The molecule has 0 amide bonds. The van der Waals surface area contributed by atoms with Crippen LogP contribution in [0.2, 0.25) is 10.0 Å². The van der Waals surface area contributed by atoms with Crippen LogP contribution in [0.3, 0.4) is 0 Å².